The summed E-state index contributed by atoms with van der Waals surface area (Å²) in [5.41, 5.74) is -0.155. The van der Waals surface area contributed by atoms with Crippen molar-refractivity contribution in [1.82, 2.24) is 10.2 Å². The Balaban J connectivity index is 1.76. The van der Waals surface area contributed by atoms with Gasteiger partial charge in [-0.1, -0.05) is 0 Å². The number of carbonyl (C=O) groups is 1. The molecule has 0 aromatic carbocycles. The summed E-state index contributed by atoms with van der Waals surface area (Å²) < 4.78 is 5.34. The smallest absolute Gasteiger partial charge is 0.244 e. The molecule has 3 fully saturated rings. The molecule has 1 spiro atoms. The van der Waals surface area contributed by atoms with E-state index in [0.29, 0.717) is 11.9 Å². The van der Waals surface area contributed by atoms with Gasteiger partial charge < -0.3 is 9.64 Å². The van der Waals surface area contributed by atoms with Crippen molar-refractivity contribution in [2.24, 2.45) is 0 Å². The van der Waals surface area contributed by atoms with Gasteiger partial charge in [-0.25, -0.2) is 0 Å². The zero-order valence-corrected chi connectivity index (χ0v) is 9.16. The summed E-state index contributed by atoms with van der Waals surface area (Å²) in [7, 11) is 0. The maximum atomic E-state index is 12.2. The Bertz CT molecular complexity index is 282. The van der Waals surface area contributed by atoms with E-state index < -0.39 is 0 Å². The lowest BCUT2D eigenvalue weighted by Gasteiger charge is -2.33. The van der Waals surface area contributed by atoms with Crippen molar-refractivity contribution in [3.63, 3.8) is 0 Å². The Morgan fingerprint density at radius 2 is 2.07 bits per heavy atom. The summed E-state index contributed by atoms with van der Waals surface area (Å²) in [5, 5.41) is 3.44. The molecule has 0 radical (unpaired) electrons. The van der Waals surface area contributed by atoms with E-state index in [1.807, 2.05) is 0 Å². The molecule has 4 nitrogen and oxygen atoms in total. The molecular formula is C11H18N2O2. The van der Waals surface area contributed by atoms with E-state index in [4.69, 9.17) is 4.74 Å². The van der Waals surface area contributed by atoms with Crippen molar-refractivity contribution < 1.29 is 9.53 Å². The standard InChI is InChI=1S/C11H18N2O2/c1-8-12-11(4-5-11)10(14)13(8)9-2-6-15-7-3-9/h8-9,12H,2-7H2,1H3. The average Bonchev–Trinajstić information content (AvgIpc) is 2.95. The highest BCUT2D eigenvalue weighted by Gasteiger charge is 2.59. The fraction of sp³-hybridized carbons (Fsp3) is 0.909. The van der Waals surface area contributed by atoms with Gasteiger partial charge >= 0.3 is 0 Å². The lowest BCUT2D eigenvalue weighted by molar-refractivity contribution is -0.134. The summed E-state index contributed by atoms with van der Waals surface area (Å²) in [5.74, 6) is 0.335. The van der Waals surface area contributed by atoms with Crippen LogP contribution in [0.5, 0.6) is 0 Å². The fourth-order valence-corrected chi connectivity index (χ4v) is 2.88. The Morgan fingerprint density at radius 1 is 1.40 bits per heavy atom. The minimum atomic E-state index is -0.155. The van der Waals surface area contributed by atoms with Crippen LogP contribution in [-0.2, 0) is 9.53 Å². The van der Waals surface area contributed by atoms with E-state index in [0.717, 1.165) is 38.9 Å². The molecule has 2 heterocycles. The van der Waals surface area contributed by atoms with Crippen LogP contribution in [0.25, 0.3) is 0 Å². The lowest BCUT2D eigenvalue weighted by Crippen LogP contribution is -2.45. The van der Waals surface area contributed by atoms with E-state index in [1.54, 1.807) is 0 Å². The van der Waals surface area contributed by atoms with Crippen LogP contribution in [-0.4, -0.2) is 41.8 Å². The highest BCUT2D eigenvalue weighted by molar-refractivity contribution is 5.92. The van der Waals surface area contributed by atoms with Gasteiger partial charge in [0.15, 0.2) is 0 Å². The molecule has 2 aliphatic heterocycles. The maximum absolute atomic E-state index is 12.2. The number of amides is 1. The third-order valence-electron chi connectivity index (χ3n) is 3.88. The molecule has 1 saturated carbocycles. The second-order valence-corrected chi connectivity index (χ2v) is 4.96. The Morgan fingerprint density at radius 3 is 2.60 bits per heavy atom. The molecule has 1 N–H and O–H groups in total. The summed E-state index contributed by atoms with van der Waals surface area (Å²) in [6, 6.07) is 0.397. The molecule has 15 heavy (non-hydrogen) atoms. The molecule has 2 saturated heterocycles. The minimum Gasteiger partial charge on any atom is -0.381 e. The molecule has 0 aromatic heterocycles. The molecule has 4 heteroatoms. The zero-order chi connectivity index (χ0) is 10.5. The highest BCUT2D eigenvalue weighted by Crippen LogP contribution is 2.43. The van der Waals surface area contributed by atoms with Gasteiger partial charge in [0.1, 0.15) is 0 Å². The SMILES string of the molecule is CC1NC2(CC2)C(=O)N1C1CCOCC1. The molecule has 1 aliphatic carbocycles. The van der Waals surface area contributed by atoms with Crippen LogP contribution in [0.4, 0.5) is 0 Å². The van der Waals surface area contributed by atoms with E-state index in [2.05, 4.69) is 17.1 Å². The third-order valence-corrected chi connectivity index (χ3v) is 3.88. The van der Waals surface area contributed by atoms with Gasteiger partial charge in [0.2, 0.25) is 5.91 Å². The van der Waals surface area contributed by atoms with E-state index >= 15 is 0 Å². The normalized spacial score (nSPS) is 35.1. The predicted octanol–water partition coefficient (Wildman–Crippen LogP) is 0.476. The van der Waals surface area contributed by atoms with Gasteiger partial charge in [0.25, 0.3) is 0 Å². The average molecular weight is 210 g/mol. The van der Waals surface area contributed by atoms with Gasteiger partial charge in [-0.3, -0.25) is 10.1 Å². The largest absolute Gasteiger partial charge is 0.381 e. The quantitative estimate of drug-likeness (QED) is 0.684. The van der Waals surface area contributed by atoms with Crippen molar-refractivity contribution in [2.75, 3.05) is 13.2 Å². The number of ether oxygens (including phenoxy) is 1. The van der Waals surface area contributed by atoms with Crippen LogP contribution in [0.1, 0.15) is 32.6 Å². The number of nitrogens with one attached hydrogen (secondary N) is 1. The predicted molar refractivity (Wildman–Crippen MR) is 55.2 cm³/mol. The van der Waals surface area contributed by atoms with E-state index in [-0.39, 0.29) is 11.7 Å². The summed E-state index contributed by atoms with van der Waals surface area (Å²) >= 11 is 0. The van der Waals surface area contributed by atoms with Crippen LogP contribution < -0.4 is 5.32 Å². The van der Waals surface area contributed by atoms with Crippen molar-refractivity contribution in [1.29, 1.82) is 0 Å². The fourth-order valence-electron chi connectivity index (χ4n) is 2.88. The van der Waals surface area contributed by atoms with Gasteiger partial charge in [0.05, 0.1) is 11.7 Å². The first-order chi connectivity index (χ1) is 7.23. The Kier molecular flexibility index (Phi) is 2.04. The number of rotatable bonds is 1. The monoisotopic (exact) mass is 210 g/mol. The molecule has 0 bridgehead atoms. The number of nitrogens with zero attached hydrogens (tertiary/aromatic N) is 1. The molecule has 1 unspecified atom stereocenters. The summed E-state index contributed by atoms with van der Waals surface area (Å²) in [4.78, 5) is 14.3. The molecule has 84 valence electrons. The highest BCUT2D eigenvalue weighted by atomic mass is 16.5. The minimum absolute atomic E-state index is 0.155. The summed E-state index contributed by atoms with van der Waals surface area (Å²) in [6.45, 7) is 3.70. The molecule has 3 aliphatic rings. The third kappa shape index (κ3) is 1.39. The van der Waals surface area contributed by atoms with Gasteiger partial charge in [-0.05, 0) is 32.6 Å². The second-order valence-electron chi connectivity index (χ2n) is 4.96. The molecule has 1 atom stereocenters. The maximum Gasteiger partial charge on any atom is 0.244 e. The second kappa shape index (κ2) is 3.19. The topological polar surface area (TPSA) is 41.6 Å². The number of hydrogen-bond acceptors (Lipinski definition) is 3. The van der Waals surface area contributed by atoms with Crippen LogP contribution in [0.15, 0.2) is 0 Å². The lowest BCUT2D eigenvalue weighted by atomic mass is 10.1. The first-order valence-corrected chi connectivity index (χ1v) is 5.91. The summed E-state index contributed by atoms with van der Waals surface area (Å²) in [6.07, 6.45) is 4.25. The molecular weight excluding hydrogens is 192 g/mol. The Labute approximate surface area is 90.0 Å². The van der Waals surface area contributed by atoms with E-state index in [1.165, 1.54) is 0 Å². The van der Waals surface area contributed by atoms with Crippen molar-refractivity contribution in [3.8, 4) is 0 Å². The van der Waals surface area contributed by atoms with Crippen molar-refractivity contribution >= 4 is 5.91 Å². The zero-order valence-electron chi connectivity index (χ0n) is 9.16. The molecule has 3 rings (SSSR count). The van der Waals surface area contributed by atoms with Crippen LogP contribution in [0, 0.1) is 0 Å². The van der Waals surface area contributed by atoms with Crippen LogP contribution >= 0.6 is 0 Å². The first kappa shape index (κ1) is 9.60. The number of carbonyl (C=O) groups excluding carboxylic acids is 1. The Hall–Kier alpha value is -0.610. The van der Waals surface area contributed by atoms with Crippen LogP contribution in [0.3, 0.4) is 0 Å². The first-order valence-electron chi connectivity index (χ1n) is 5.91. The van der Waals surface area contributed by atoms with Crippen molar-refractivity contribution in [3.05, 3.63) is 0 Å². The number of hydrogen-bond donors (Lipinski definition) is 1. The van der Waals surface area contributed by atoms with Crippen molar-refractivity contribution in [2.45, 2.75) is 50.4 Å². The van der Waals surface area contributed by atoms with Gasteiger partial charge in [0, 0.05) is 19.3 Å². The van der Waals surface area contributed by atoms with Crippen LogP contribution in [0.2, 0.25) is 0 Å². The van der Waals surface area contributed by atoms with Gasteiger partial charge in [-0.2, -0.15) is 0 Å². The van der Waals surface area contributed by atoms with Gasteiger partial charge in [-0.15, -0.1) is 0 Å². The van der Waals surface area contributed by atoms with E-state index in [9.17, 15) is 4.79 Å². The molecule has 0 aromatic rings. The molecule has 1 amide bonds.